The van der Waals surface area contributed by atoms with Gasteiger partial charge in [0, 0.05) is 12.9 Å². The van der Waals surface area contributed by atoms with Crippen LogP contribution in [0.15, 0.2) is 42.1 Å². The highest BCUT2D eigenvalue weighted by atomic mass is 15.3. The highest BCUT2D eigenvalue weighted by Gasteiger charge is 1.79. The monoisotopic (exact) mass is 176 g/mol. The Kier molecular flexibility index (Phi) is 6.24. The van der Waals surface area contributed by atoms with Crippen molar-refractivity contribution in [3.8, 4) is 0 Å². The fraction of sp³-hybridized carbons (Fsp3) is 0.182. The van der Waals surface area contributed by atoms with Crippen LogP contribution >= 0.6 is 0 Å². The van der Waals surface area contributed by atoms with Gasteiger partial charge >= 0.3 is 0 Å². The molecule has 2 nitrogen and oxygen atoms in total. The van der Waals surface area contributed by atoms with Gasteiger partial charge in [-0.3, -0.25) is 5.43 Å². The van der Waals surface area contributed by atoms with E-state index < -0.39 is 0 Å². The SMILES string of the molecule is C=CNN=C.Cc1ccc(C)cc1. The summed E-state index contributed by atoms with van der Waals surface area (Å²) in [6, 6.07) is 8.48. The van der Waals surface area contributed by atoms with E-state index >= 15 is 0 Å². The Morgan fingerprint density at radius 3 is 1.69 bits per heavy atom. The summed E-state index contributed by atoms with van der Waals surface area (Å²) < 4.78 is 0. The molecule has 0 fully saturated rings. The van der Waals surface area contributed by atoms with Gasteiger partial charge in [0.05, 0.1) is 0 Å². The first kappa shape index (κ1) is 11.4. The van der Waals surface area contributed by atoms with Crippen molar-refractivity contribution in [3.05, 3.63) is 48.2 Å². The van der Waals surface area contributed by atoms with Crippen LogP contribution in [0.4, 0.5) is 0 Å². The molecular formula is C11H16N2. The molecule has 70 valence electrons. The highest BCUT2D eigenvalue weighted by Crippen LogP contribution is 1.99. The number of hydrogen-bond acceptors (Lipinski definition) is 2. The van der Waals surface area contributed by atoms with Crippen molar-refractivity contribution in [1.29, 1.82) is 0 Å². The second kappa shape index (κ2) is 7.10. The standard InChI is InChI=1S/C8H10.C3H6N2/c1-7-3-5-8(2)6-4-7;1-3-5-4-2/h3-6H,1-2H3;3,5H,1-2H2. The maximum absolute atomic E-state index is 3.31. The van der Waals surface area contributed by atoms with Crippen LogP contribution in [0.3, 0.4) is 0 Å². The van der Waals surface area contributed by atoms with Crippen molar-refractivity contribution in [3.63, 3.8) is 0 Å². The summed E-state index contributed by atoms with van der Waals surface area (Å²) >= 11 is 0. The quantitative estimate of drug-likeness (QED) is 0.543. The second-order valence-electron chi connectivity index (χ2n) is 2.65. The van der Waals surface area contributed by atoms with Crippen LogP contribution in [0.5, 0.6) is 0 Å². The topological polar surface area (TPSA) is 24.4 Å². The molecule has 0 unspecified atom stereocenters. The summed E-state index contributed by atoms with van der Waals surface area (Å²) in [4.78, 5) is 0. The van der Waals surface area contributed by atoms with Crippen molar-refractivity contribution >= 4 is 6.72 Å². The van der Waals surface area contributed by atoms with Crippen molar-refractivity contribution in [2.75, 3.05) is 0 Å². The minimum Gasteiger partial charge on any atom is -0.287 e. The first-order chi connectivity index (χ1) is 6.20. The van der Waals surface area contributed by atoms with Crippen molar-refractivity contribution in [2.45, 2.75) is 13.8 Å². The van der Waals surface area contributed by atoms with Crippen molar-refractivity contribution < 1.29 is 0 Å². The normalized spacial score (nSPS) is 7.85. The molecule has 1 N–H and O–H groups in total. The van der Waals surface area contributed by atoms with E-state index in [-0.39, 0.29) is 0 Å². The molecule has 0 amide bonds. The summed E-state index contributed by atoms with van der Waals surface area (Å²) in [5.41, 5.74) is 5.05. The number of nitrogens with one attached hydrogen (secondary N) is 1. The first-order valence-corrected chi connectivity index (χ1v) is 4.06. The lowest BCUT2D eigenvalue weighted by Gasteiger charge is -1.90. The molecule has 0 radical (unpaired) electrons. The molecule has 0 atom stereocenters. The van der Waals surface area contributed by atoms with Gasteiger partial charge in [-0.15, -0.1) is 0 Å². The van der Waals surface area contributed by atoms with Crippen LogP contribution < -0.4 is 5.43 Å². The van der Waals surface area contributed by atoms with Crippen LogP contribution in [0, 0.1) is 13.8 Å². The first-order valence-electron chi connectivity index (χ1n) is 4.06. The van der Waals surface area contributed by atoms with Crippen LogP contribution in [0.2, 0.25) is 0 Å². The van der Waals surface area contributed by atoms with E-state index in [0.717, 1.165) is 0 Å². The maximum atomic E-state index is 3.31. The zero-order valence-electron chi connectivity index (χ0n) is 8.25. The number of nitrogens with zero attached hydrogens (tertiary/aromatic N) is 1. The summed E-state index contributed by atoms with van der Waals surface area (Å²) in [5.74, 6) is 0. The zero-order valence-corrected chi connectivity index (χ0v) is 8.25. The van der Waals surface area contributed by atoms with Crippen LogP contribution in [-0.2, 0) is 0 Å². The molecule has 0 aliphatic heterocycles. The third-order valence-corrected chi connectivity index (χ3v) is 1.40. The lowest BCUT2D eigenvalue weighted by atomic mass is 10.2. The minimum atomic E-state index is 1.33. The average molecular weight is 176 g/mol. The van der Waals surface area contributed by atoms with Gasteiger partial charge in [0.2, 0.25) is 0 Å². The molecule has 0 heterocycles. The lowest BCUT2D eigenvalue weighted by molar-refractivity contribution is 0.986. The Labute approximate surface area is 80.0 Å². The molecule has 0 saturated heterocycles. The third kappa shape index (κ3) is 6.81. The van der Waals surface area contributed by atoms with Gasteiger partial charge in [-0.25, -0.2) is 0 Å². The zero-order chi connectivity index (χ0) is 10.1. The molecule has 0 bridgehead atoms. The molecule has 1 aromatic carbocycles. The molecule has 13 heavy (non-hydrogen) atoms. The number of aryl methyl sites for hydroxylation is 2. The molecule has 1 rings (SSSR count). The maximum Gasteiger partial charge on any atom is 0.0127 e. The molecule has 0 spiro atoms. The van der Waals surface area contributed by atoms with E-state index in [1.807, 2.05) is 0 Å². The molecule has 1 aromatic rings. The van der Waals surface area contributed by atoms with Crippen molar-refractivity contribution in [2.24, 2.45) is 5.10 Å². The van der Waals surface area contributed by atoms with E-state index in [1.165, 1.54) is 17.3 Å². The average Bonchev–Trinajstić information content (AvgIpc) is 2.13. The summed E-state index contributed by atoms with van der Waals surface area (Å²) in [7, 11) is 0. The Balaban J connectivity index is 0.000000252. The predicted molar refractivity (Wildman–Crippen MR) is 58.8 cm³/mol. The van der Waals surface area contributed by atoms with E-state index in [0.29, 0.717) is 0 Å². The Morgan fingerprint density at radius 1 is 1.15 bits per heavy atom. The smallest absolute Gasteiger partial charge is 0.0127 e. The van der Waals surface area contributed by atoms with Gasteiger partial charge in [0.25, 0.3) is 0 Å². The van der Waals surface area contributed by atoms with Gasteiger partial charge in [-0.1, -0.05) is 42.0 Å². The predicted octanol–water partition coefficient (Wildman–Crippen LogP) is 2.64. The molecule has 0 saturated carbocycles. The third-order valence-electron chi connectivity index (χ3n) is 1.40. The van der Waals surface area contributed by atoms with Gasteiger partial charge < -0.3 is 0 Å². The minimum absolute atomic E-state index is 1.33. The Morgan fingerprint density at radius 2 is 1.54 bits per heavy atom. The number of hydrogen-bond donors (Lipinski definition) is 1. The highest BCUT2D eigenvalue weighted by molar-refractivity contribution is 5.22. The molecule has 0 aromatic heterocycles. The Hall–Kier alpha value is -1.57. The summed E-state index contributed by atoms with van der Waals surface area (Å²) in [6.45, 7) is 10.6. The van der Waals surface area contributed by atoms with E-state index in [2.05, 4.69) is 61.9 Å². The van der Waals surface area contributed by atoms with Crippen LogP contribution in [0.25, 0.3) is 0 Å². The van der Waals surface area contributed by atoms with Gasteiger partial charge in [0.15, 0.2) is 0 Å². The van der Waals surface area contributed by atoms with Gasteiger partial charge in [-0.2, -0.15) is 5.10 Å². The fourth-order valence-corrected chi connectivity index (χ4v) is 0.701. The molecular weight excluding hydrogens is 160 g/mol. The summed E-state index contributed by atoms with van der Waals surface area (Å²) in [5, 5.41) is 3.24. The molecule has 0 aliphatic carbocycles. The van der Waals surface area contributed by atoms with E-state index in [9.17, 15) is 0 Å². The van der Waals surface area contributed by atoms with Crippen LogP contribution in [0.1, 0.15) is 11.1 Å². The van der Waals surface area contributed by atoms with Crippen LogP contribution in [-0.4, -0.2) is 6.72 Å². The Bertz CT molecular complexity index is 222. The summed E-state index contributed by atoms with van der Waals surface area (Å²) in [6.07, 6.45) is 1.45. The lowest BCUT2D eigenvalue weighted by Crippen LogP contribution is -1.86. The van der Waals surface area contributed by atoms with Gasteiger partial charge in [-0.05, 0) is 13.8 Å². The number of benzene rings is 1. The van der Waals surface area contributed by atoms with Crippen molar-refractivity contribution in [1.82, 2.24) is 5.43 Å². The number of rotatable bonds is 2. The molecule has 2 heteroatoms. The van der Waals surface area contributed by atoms with Gasteiger partial charge in [0.1, 0.15) is 0 Å². The number of hydrazone groups is 1. The fourth-order valence-electron chi connectivity index (χ4n) is 0.701. The largest absolute Gasteiger partial charge is 0.287 e. The van der Waals surface area contributed by atoms with E-state index in [1.54, 1.807) is 0 Å². The molecule has 0 aliphatic rings. The second-order valence-corrected chi connectivity index (χ2v) is 2.65. The van der Waals surface area contributed by atoms with E-state index in [4.69, 9.17) is 0 Å².